The lowest BCUT2D eigenvalue weighted by Crippen LogP contribution is -2.35. The van der Waals surface area contributed by atoms with Crippen LogP contribution in [-0.4, -0.2) is 63.6 Å². The fourth-order valence-electron chi connectivity index (χ4n) is 7.71. The summed E-state index contributed by atoms with van der Waals surface area (Å²) in [5.41, 5.74) is 6.50. The lowest BCUT2D eigenvalue weighted by atomic mass is 9.98. The average molecular weight is 683 g/mol. The summed E-state index contributed by atoms with van der Waals surface area (Å²) in [5, 5.41) is 17.6. The number of fused-ring (bicyclic) bond motifs is 1. The number of aromatic amines is 2. The maximum absolute atomic E-state index is 13.5. The van der Waals surface area contributed by atoms with E-state index in [2.05, 4.69) is 97.1 Å². The SMILES string of the molecule is COC(=O)NCC(C)CC(=O)N1CC2(CC2)CC1c1ncc(-c2ccc3cc(-c4ccc(-c5cnc(C6CC(C#N)CN6)[nH]5)cc4)ccc3c2)[nH]1. The van der Waals surface area contributed by atoms with Crippen LogP contribution in [0.3, 0.4) is 0 Å². The van der Waals surface area contributed by atoms with Gasteiger partial charge in [-0.3, -0.25) is 4.79 Å². The molecule has 2 amide bonds. The zero-order chi connectivity index (χ0) is 35.1. The van der Waals surface area contributed by atoms with E-state index in [4.69, 9.17) is 4.98 Å². The first-order chi connectivity index (χ1) is 24.8. The highest BCUT2D eigenvalue weighted by atomic mass is 16.5. The zero-order valence-electron chi connectivity index (χ0n) is 28.9. The Morgan fingerprint density at radius 3 is 2.31 bits per heavy atom. The standard InChI is InChI=1S/C40H42N8O3/c1-24(19-45-39(50)51-2)13-36(49)48-23-40(11-12-40)17-35(48)38-44-22-34(47-38)31-10-9-29-15-28(7-8-30(29)16-31)26-3-5-27(6-4-26)33-21-43-37(46-33)32-14-25(18-41)20-42-32/h3-10,15-16,21-22,24-25,32,35,42H,11-14,17,19-20,23H2,1-2H3,(H,43,46)(H,44,47)(H,45,50). The molecule has 8 rings (SSSR count). The first-order valence-corrected chi connectivity index (χ1v) is 17.8. The van der Waals surface area contributed by atoms with Gasteiger partial charge >= 0.3 is 6.09 Å². The Bertz CT molecular complexity index is 2130. The molecule has 11 nitrogen and oxygen atoms in total. The molecule has 4 atom stereocenters. The smallest absolute Gasteiger partial charge is 0.406 e. The van der Waals surface area contributed by atoms with Crippen molar-refractivity contribution in [1.29, 1.82) is 5.26 Å². The first-order valence-electron chi connectivity index (χ1n) is 17.8. The van der Waals surface area contributed by atoms with Crippen LogP contribution in [0.2, 0.25) is 0 Å². The predicted molar refractivity (Wildman–Crippen MR) is 194 cm³/mol. The van der Waals surface area contributed by atoms with Gasteiger partial charge in [0, 0.05) is 31.6 Å². The van der Waals surface area contributed by atoms with Crippen LogP contribution in [0.25, 0.3) is 44.4 Å². The molecule has 1 saturated carbocycles. The van der Waals surface area contributed by atoms with Gasteiger partial charge in [0.25, 0.3) is 0 Å². The van der Waals surface area contributed by atoms with Crippen LogP contribution in [0.1, 0.15) is 62.8 Å². The van der Waals surface area contributed by atoms with Gasteiger partial charge in [-0.15, -0.1) is 0 Å². The van der Waals surface area contributed by atoms with Crippen molar-refractivity contribution in [3.8, 4) is 39.7 Å². The number of carbonyl (C=O) groups excluding carboxylic acids is 2. The number of methoxy groups -OCH3 is 1. The number of amides is 2. The van der Waals surface area contributed by atoms with Crippen molar-refractivity contribution in [1.82, 2.24) is 35.5 Å². The van der Waals surface area contributed by atoms with Crippen LogP contribution < -0.4 is 10.6 Å². The second-order valence-corrected chi connectivity index (χ2v) is 14.7. The molecule has 4 unspecified atom stereocenters. The Balaban J connectivity index is 0.947. The van der Waals surface area contributed by atoms with Gasteiger partial charge in [0.2, 0.25) is 5.91 Å². The van der Waals surface area contributed by atoms with Gasteiger partial charge in [0.1, 0.15) is 11.6 Å². The first kappa shape index (κ1) is 32.7. The minimum Gasteiger partial charge on any atom is -0.453 e. The van der Waals surface area contributed by atoms with E-state index in [9.17, 15) is 14.9 Å². The molecule has 0 radical (unpaired) electrons. The van der Waals surface area contributed by atoms with E-state index in [0.29, 0.717) is 19.5 Å². The molecule has 2 aliphatic heterocycles. The molecule has 260 valence electrons. The highest BCUT2D eigenvalue weighted by Crippen LogP contribution is 2.58. The van der Waals surface area contributed by atoms with Crippen LogP contribution in [0.4, 0.5) is 4.79 Å². The number of H-pyrrole nitrogens is 2. The predicted octanol–water partition coefficient (Wildman–Crippen LogP) is 6.90. The van der Waals surface area contributed by atoms with E-state index in [0.717, 1.165) is 88.3 Å². The molecule has 3 fully saturated rings. The van der Waals surface area contributed by atoms with E-state index >= 15 is 0 Å². The fraction of sp³-hybridized carbons (Fsp3) is 0.375. The van der Waals surface area contributed by atoms with Crippen molar-refractivity contribution >= 4 is 22.8 Å². The molecule has 1 spiro atoms. The van der Waals surface area contributed by atoms with E-state index in [1.54, 1.807) is 0 Å². The molecule has 5 aromatic rings. The number of nitriles is 1. The summed E-state index contributed by atoms with van der Waals surface area (Å²) in [4.78, 5) is 43.4. The number of imidazole rings is 2. The van der Waals surface area contributed by atoms with E-state index < -0.39 is 6.09 Å². The van der Waals surface area contributed by atoms with Crippen molar-refractivity contribution in [3.05, 3.63) is 84.7 Å². The van der Waals surface area contributed by atoms with Crippen LogP contribution in [0, 0.1) is 28.6 Å². The summed E-state index contributed by atoms with van der Waals surface area (Å²) >= 11 is 0. The summed E-state index contributed by atoms with van der Waals surface area (Å²) in [6.07, 6.45) is 7.61. The number of alkyl carbamates (subject to hydrolysis) is 1. The second kappa shape index (κ2) is 13.3. The maximum Gasteiger partial charge on any atom is 0.406 e. The van der Waals surface area contributed by atoms with Crippen LogP contribution in [0.5, 0.6) is 0 Å². The Hall–Kier alpha value is -5.47. The maximum atomic E-state index is 13.5. The summed E-state index contributed by atoms with van der Waals surface area (Å²) in [7, 11) is 1.34. The van der Waals surface area contributed by atoms with Crippen LogP contribution in [0.15, 0.2) is 73.1 Å². The monoisotopic (exact) mass is 682 g/mol. The molecule has 3 aromatic carbocycles. The number of nitrogens with one attached hydrogen (secondary N) is 4. The van der Waals surface area contributed by atoms with Gasteiger partial charge in [-0.05, 0) is 76.6 Å². The van der Waals surface area contributed by atoms with E-state index in [1.165, 1.54) is 7.11 Å². The third-order valence-corrected chi connectivity index (χ3v) is 10.9. The number of rotatable bonds is 9. The molecule has 51 heavy (non-hydrogen) atoms. The lowest BCUT2D eigenvalue weighted by Gasteiger charge is -2.25. The largest absolute Gasteiger partial charge is 0.453 e. The normalized spacial score (nSPS) is 21.1. The molecule has 4 heterocycles. The number of likely N-dealkylation sites (tertiary alicyclic amines) is 1. The average Bonchev–Trinajstić information content (AvgIpc) is 3.68. The summed E-state index contributed by atoms with van der Waals surface area (Å²) in [6.45, 7) is 3.82. The third kappa shape index (κ3) is 6.71. The topological polar surface area (TPSA) is 152 Å². The summed E-state index contributed by atoms with van der Waals surface area (Å²) in [5.74, 6) is 1.83. The van der Waals surface area contributed by atoms with Crippen molar-refractivity contribution in [2.24, 2.45) is 17.3 Å². The Morgan fingerprint density at radius 1 is 0.961 bits per heavy atom. The van der Waals surface area contributed by atoms with E-state index in [1.807, 2.05) is 24.2 Å². The molecule has 11 heteroatoms. The third-order valence-electron chi connectivity index (χ3n) is 10.9. The molecule has 2 aromatic heterocycles. The zero-order valence-corrected chi connectivity index (χ0v) is 28.9. The molecule has 3 aliphatic rings. The number of aromatic nitrogens is 4. The van der Waals surface area contributed by atoms with Gasteiger partial charge in [0.05, 0.1) is 55.0 Å². The quantitative estimate of drug-likeness (QED) is 0.132. The second-order valence-electron chi connectivity index (χ2n) is 14.7. The van der Waals surface area contributed by atoms with Crippen molar-refractivity contribution in [2.75, 3.05) is 26.7 Å². The highest BCUT2D eigenvalue weighted by Gasteiger charge is 2.54. The van der Waals surface area contributed by atoms with Crippen molar-refractivity contribution in [3.63, 3.8) is 0 Å². The highest BCUT2D eigenvalue weighted by molar-refractivity contribution is 5.90. The minimum atomic E-state index is -0.483. The Labute approximate surface area is 296 Å². The fourth-order valence-corrected chi connectivity index (χ4v) is 7.71. The molecule has 4 N–H and O–H groups in total. The molecule has 2 saturated heterocycles. The number of benzene rings is 3. The van der Waals surface area contributed by atoms with Gasteiger partial charge in [0.15, 0.2) is 0 Å². The number of hydrogen-bond donors (Lipinski definition) is 4. The van der Waals surface area contributed by atoms with Crippen LogP contribution >= 0.6 is 0 Å². The summed E-state index contributed by atoms with van der Waals surface area (Å²) < 4.78 is 4.67. The van der Waals surface area contributed by atoms with Gasteiger partial charge in [-0.2, -0.15) is 5.26 Å². The van der Waals surface area contributed by atoms with Crippen LogP contribution in [-0.2, 0) is 9.53 Å². The Morgan fingerprint density at radius 2 is 1.61 bits per heavy atom. The number of ether oxygens (including phenoxy) is 1. The van der Waals surface area contributed by atoms with E-state index in [-0.39, 0.29) is 35.2 Å². The summed E-state index contributed by atoms with van der Waals surface area (Å²) in [6, 6.07) is 23.8. The number of carbonyl (C=O) groups is 2. The number of hydrogen-bond acceptors (Lipinski definition) is 7. The molecular weight excluding hydrogens is 640 g/mol. The Kier molecular flexibility index (Phi) is 8.56. The molecular formula is C40H42N8O3. The van der Waals surface area contributed by atoms with Gasteiger partial charge < -0.3 is 30.2 Å². The number of nitrogens with zero attached hydrogens (tertiary/aromatic N) is 4. The minimum absolute atomic E-state index is 0.00655. The molecule has 1 aliphatic carbocycles. The van der Waals surface area contributed by atoms with Crippen molar-refractivity contribution < 1.29 is 14.3 Å². The van der Waals surface area contributed by atoms with Gasteiger partial charge in [-0.1, -0.05) is 55.5 Å². The van der Waals surface area contributed by atoms with Crippen molar-refractivity contribution in [2.45, 2.75) is 51.1 Å². The van der Waals surface area contributed by atoms with Gasteiger partial charge in [-0.25, -0.2) is 14.8 Å². The molecule has 0 bridgehead atoms. The lowest BCUT2D eigenvalue weighted by molar-refractivity contribution is -0.133.